The van der Waals surface area contributed by atoms with Crippen LogP contribution >= 0.6 is 11.8 Å². The van der Waals surface area contributed by atoms with Gasteiger partial charge >= 0.3 is 5.97 Å². The van der Waals surface area contributed by atoms with Crippen LogP contribution in [0, 0.1) is 6.92 Å². The zero-order valence-corrected chi connectivity index (χ0v) is 20.8. The van der Waals surface area contributed by atoms with Crippen molar-refractivity contribution in [3.05, 3.63) is 57.8 Å². The predicted octanol–water partition coefficient (Wildman–Crippen LogP) is 3.69. The van der Waals surface area contributed by atoms with E-state index in [1.54, 1.807) is 0 Å². The van der Waals surface area contributed by atoms with Crippen LogP contribution in [-0.4, -0.2) is 71.1 Å². The van der Waals surface area contributed by atoms with Gasteiger partial charge < -0.3 is 19.4 Å². The number of carbonyl (C=O) groups is 2. The number of ether oxygens (including phenoxy) is 1. The molecule has 1 amide bonds. The van der Waals surface area contributed by atoms with Crippen LogP contribution in [0.25, 0.3) is 0 Å². The van der Waals surface area contributed by atoms with E-state index in [9.17, 15) is 9.59 Å². The average molecular weight is 469 g/mol. The molecule has 1 fully saturated rings. The summed E-state index contributed by atoms with van der Waals surface area (Å²) >= 11 is 1.51. The lowest BCUT2D eigenvalue weighted by Gasteiger charge is -2.38. The Labute approximate surface area is 200 Å². The van der Waals surface area contributed by atoms with E-state index in [4.69, 9.17) is 9.73 Å². The highest BCUT2D eigenvalue weighted by molar-refractivity contribution is 8.16. The van der Waals surface area contributed by atoms with Crippen molar-refractivity contribution >= 4 is 28.8 Å². The number of likely N-dealkylation sites (N-methyl/N-ethyl adjacent to an activating group) is 1. The zero-order chi connectivity index (χ0) is 23.7. The number of carbonyl (C=O) groups excluding carboxylic acids is 2. The molecule has 1 atom stereocenters. The predicted molar refractivity (Wildman–Crippen MR) is 131 cm³/mol. The van der Waals surface area contributed by atoms with Crippen LogP contribution in [0.4, 0.5) is 0 Å². The van der Waals surface area contributed by atoms with Crippen molar-refractivity contribution in [1.82, 2.24) is 14.7 Å². The lowest BCUT2D eigenvalue weighted by Crippen LogP contribution is -2.47. The van der Waals surface area contributed by atoms with E-state index in [1.807, 2.05) is 62.3 Å². The van der Waals surface area contributed by atoms with E-state index >= 15 is 0 Å². The molecule has 0 aromatic heterocycles. The van der Waals surface area contributed by atoms with Crippen molar-refractivity contribution in [2.24, 2.45) is 4.99 Å². The van der Waals surface area contributed by atoms with Gasteiger partial charge in [-0.15, -0.1) is 0 Å². The third kappa shape index (κ3) is 4.87. The highest BCUT2D eigenvalue weighted by atomic mass is 32.2. The number of hydrogen-bond donors (Lipinski definition) is 0. The lowest BCUT2D eigenvalue weighted by molar-refractivity contribution is -0.143. The van der Waals surface area contributed by atoms with Crippen molar-refractivity contribution < 1.29 is 14.3 Å². The van der Waals surface area contributed by atoms with Crippen LogP contribution in [-0.2, 0) is 14.3 Å². The van der Waals surface area contributed by atoms with E-state index < -0.39 is 0 Å². The third-order valence-electron chi connectivity index (χ3n) is 6.23. The number of allylic oxidation sites excluding steroid dienone is 1. The average Bonchev–Trinajstić information content (AvgIpc) is 3.15. The van der Waals surface area contributed by atoms with Gasteiger partial charge in [0.1, 0.15) is 0 Å². The molecule has 4 rings (SSSR count). The summed E-state index contributed by atoms with van der Waals surface area (Å²) in [6.45, 7) is 10.8. The molecule has 8 heteroatoms. The molecule has 1 saturated heterocycles. The van der Waals surface area contributed by atoms with E-state index in [0.29, 0.717) is 11.3 Å². The fourth-order valence-electron chi connectivity index (χ4n) is 4.42. The van der Waals surface area contributed by atoms with Crippen molar-refractivity contribution in [1.29, 1.82) is 0 Å². The molecule has 33 heavy (non-hydrogen) atoms. The zero-order valence-electron chi connectivity index (χ0n) is 20.0. The maximum Gasteiger partial charge on any atom is 0.338 e. The van der Waals surface area contributed by atoms with Crippen LogP contribution < -0.4 is 0 Å². The van der Waals surface area contributed by atoms with Crippen molar-refractivity contribution in [2.45, 2.75) is 46.3 Å². The van der Waals surface area contributed by atoms with E-state index in [-0.39, 0.29) is 30.4 Å². The van der Waals surface area contributed by atoms with Gasteiger partial charge in [0.25, 0.3) is 0 Å². The van der Waals surface area contributed by atoms with Crippen molar-refractivity contribution in [3.8, 4) is 0 Å². The van der Waals surface area contributed by atoms with Gasteiger partial charge in [-0.1, -0.05) is 36.0 Å². The number of hydrogen-bond acceptors (Lipinski definition) is 7. The molecule has 1 aromatic rings. The molecule has 3 aliphatic heterocycles. The summed E-state index contributed by atoms with van der Waals surface area (Å²) in [5.41, 5.74) is 4.15. The molecule has 3 aliphatic rings. The smallest absolute Gasteiger partial charge is 0.338 e. The topological polar surface area (TPSA) is 65.5 Å². The fourth-order valence-corrected chi connectivity index (χ4v) is 5.38. The second-order valence-corrected chi connectivity index (χ2v) is 9.90. The Morgan fingerprint density at radius 3 is 2.52 bits per heavy atom. The number of nitrogens with zero attached hydrogens (tertiary/aromatic N) is 4. The van der Waals surface area contributed by atoms with E-state index in [0.717, 1.165) is 48.2 Å². The second-order valence-electron chi connectivity index (χ2n) is 9.06. The van der Waals surface area contributed by atoms with Crippen molar-refractivity contribution in [2.75, 3.05) is 33.2 Å². The fraction of sp³-hybridized carbons (Fsp3) is 0.480. The minimum absolute atomic E-state index is 0.109. The van der Waals surface area contributed by atoms with Gasteiger partial charge in [-0.25, -0.2) is 9.79 Å². The van der Waals surface area contributed by atoms with Gasteiger partial charge in [0.15, 0.2) is 5.17 Å². The molecule has 0 radical (unpaired) electrons. The summed E-state index contributed by atoms with van der Waals surface area (Å²) < 4.78 is 5.62. The number of piperazine rings is 1. The molecule has 1 aromatic carbocycles. The Morgan fingerprint density at radius 2 is 1.85 bits per heavy atom. The summed E-state index contributed by atoms with van der Waals surface area (Å²) in [4.78, 5) is 37.4. The van der Waals surface area contributed by atoms with Crippen LogP contribution in [0.1, 0.15) is 44.4 Å². The number of thioether (sulfide) groups is 1. The first-order chi connectivity index (χ1) is 15.8. The molecule has 0 saturated carbocycles. The van der Waals surface area contributed by atoms with Gasteiger partial charge in [0.2, 0.25) is 5.91 Å². The first-order valence-corrected chi connectivity index (χ1v) is 12.3. The highest BCUT2D eigenvalue weighted by Crippen LogP contribution is 2.45. The SMILES string of the molecule is CC1=C(C(=O)OC(C)C)[C@@H](c2ccccc2C)N2C(CC(=O)N3CCN(C)CC3)=CSC2=N1. The molecular weight excluding hydrogens is 436 g/mol. The molecule has 0 aliphatic carbocycles. The maximum atomic E-state index is 13.2. The molecule has 7 nitrogen and oxygen atoms in total. The minimum Gasteiger partial charge on any atom is -0.459 e. The number of rotatable bonds is 5. The molecule has 0 N–H and O–H groups in total. The summed E-state index contributed by atoms with van der Waals surface area (Å²) in [6, 6.07) is 7.68. The number of esters is 1. The number of fused-ring (bicyclic) bond motifs is 1. The number of aliphatic imine (C=N–C) groups is 1. The van der Waals surface area contributed by atoms with E-state index in [2.05, 4.69) is 16.8 Å². The van der Waals surface area contributed by atoms with Crippen LogP contribution in [0.3, 0.4) is 0 Å². The molecule has 0 unspecified atom stereocenters. The summed E-state index contributed by atoms with van der Waals surface area (Å²) in [5, 5.41) is 2.80. The van der Waals surface area contributed by atoms with Gasteiger partial charge in [-0.05, 0) is 51.3 Å². The molecule has 0 spiro atoms. The Balaban J connectivity index is 1.68. The molecular formula is C25H32N4O3S. The first-order valence-electron chi connectivity index (χ1n) is 11.4. The Morgan fingerprint density at radius 1 is 1.15 bits per heavy atom. The molecule has 3 heterocycles. The monoisotopic (exact) mass is 468 g/mol. The van der Waals surface area contributed by atoms with Crippen LogP contribution in [0.2, 0.25) is 0 Å². The van der Waals surface area contributed by atoms with E-state index in [1.165, 1.54) is 11.8 Å². The van der Waals surface area contributed by atoms with Gasteiger partial charge in [0, 0.05) is 31.9 Å². The number of aryl methyl sites for hydroxylation is 1. The number of benzene rings is 1. The highest BCUT2D eigenvalue weighted by Gasteiger charge is 2.42. The van der Waals surface area contributed by atoms with Gasteiger partial charge in [-0.3, -0.25) is 4.79 Å². The normalized spacial score (nSPS) is 21.2. The minimum atomic E-state index is -0.383. The number of amides is 1. The van der Waals surface area contributed by atoms with Gasteiger partial charge in [0.05, 0.1) is 29.8 Å². The second kappa shape index (κ2) is 9.73. The van der Waals surface area contributed by atoms with Crippen LogP contribution in [0.5, 0.6) is 0 Å². The van der Waals surface area contributed by atoms with Crippen LogP contribution in [0.15, 0.2) is 51.6 Å². The van der Waals surface area contributed by atoms with Crippen molar-refractivity contribution in [3.63, 3.8) is 0 Å². The Hall–Kier alpha value is -2.58. The Kier molecular flexibility index (Phi) is 6.95. The standard InChI is InChI=1S/C25H32N4O3S/c1-16(2)32-24(31)22-18(4)26-25-29(23(22)20-9-7-6-8-17(20)3)19(15-33-25)14-21(30)28-12-10-27(5)11-13-28/h6-9,15-16,23H,10-14H2,1-5H3/t23-/m1/s1. The Bertz CT molecular complexity index is 1040. The lowest BCUT2D eigenvalue weighted by atomic mass is 9.91. The first kappa shape index (κ1) is 23.6. The quantitative estimate of drug-likeness (QED) is 0.614. The summed E-state index contributed by atoms with van der Waals surface area (Å²) in [7, 11) is 2.08. The summed E-state index contributed by atoms with van der Waals surface area (Å²) in [6.07, 6.45) is 0.0476. The number of amidine groups is 1. The summed E-state index contributed by atoms with van der Waals surface area (Å²) in [5.74, 6) is -0.252. The third-order valence-corrected chi connectivity index (χ3v) is 7.12. The molecule has 176 valence electrons. The maximum absolute atomic E-state index is 13.2. The largest absolute Gasteiger partial charge is 0.459 e. The van der Waals surface area contributed by atoms with Gasteiger partial charge in [-0.2, -0.15) is 0 Å². The molecule has 0 bridgehead atoms.